The molecule has 0 bridgehead atoms. The van der Waals surface area contributed by atoms with E-state index in [2.05, 4.69) is 40.4 Å². The Morgan fingerprint density at radius 3 is 2.79 bits per heavy atom. The number of aromatic nitrogens is 3. The molecule has 2 aliphatic heterocycles. The van der Waals surface area contributed by atoms with Gasteiger partial charge in [0.1, 0.15) is 11.6 Å². The van der Waals surface area contributed by atoms with Crippen LogP contribution in [0.4, 0.5) is 0 Å². The SMILES string of the molecule is CC1CCc2nnc(C3CCCCN3C(C)C)n2C1. The van der Waals surface area contributed by atoms with Crippen LogP contribution in [0.15, 0.2) is 0 Å². The molecule has 0 spiro atoms. The molecule has 2 atom stereocenters. The molecule has 0 aromatic carbocycles. The number of piperidine rings is 1. The molecule has 0 amide bonds. The van der Waals surface area contributed by atoms with E-state index in [4.69, 9.17) is 0 Å². The van der Waals surface area contributed by atoms with E-state index in [1.807, 2.05) is 0 Å². The molecule has 0 N–H and O–H groups in total. The minimum absolute atomic E-state index is 0.486. The number of rotatable bonds is 2. The van der Waals surface area contributed by atoms with E-state index in [0.717, 1.165) is 18.9 Å². The molecule has 4 heteroatoms. The average Bonchev–Trinajstić information content (AvgIpc) is 2.81. The lowest BCUT2D eigenvalue weighted by Gasteiger charge is -2.38. The second-order valence-corrected chi connectivity index (χ2v) is 6.57. The molecular weight excluding hydrogens is 236 g/mol. The predicted octanol–water partition coefficient (Wildman–Crippen LogP) is 2.80. The fraction of sp³-hybridized carbons (Fsp3) is 0.867. The maximum absolute atomic E-state index is 4.56. The highest BCUT2D eigenvalue weighted by Gasteiger charge is 2.32. The Hall–Kier alpha value is -0.900. The van der Waals surface area contributed by atoms with Gasteiger partial charge in [0, 0.05) is 19.0 Å². The maximum Gasteiger partial charge on any atom is 0.150 e. The van der Waals surface area contributed by atoms with Crippen LogP contribution in [-0.4, -0.2) is 32.3 Å². The smallest absolute Gasteiger partial charge is 0.150 e. The van der Waals surface area contributed by atoms with Crippen molar-refractivity contribution in [3.05, 3.63) is 11.6 Å². The van der Waals surface area contributed by atoms with Crippen molar-refractivity contribution in [3.63, 3.8) is 0 Å². The van der Waals surface area contributed by atoms with Gasteiger partial charge in [-0.25, -0.2) is 0 Å². The fourth-order valence-corrected chi connectivity index (χ4v) is 3.61. The molecule has 106 valence electrons. The van der Waals surface area contributed by atoms with Gasteiger partial charge in [-0.2, -0.15) is 0 Å². The van der Waals surface area contributed by atoms with Crippen molar-refractivity contribution in [3.8, 4) is 0 Å². The molecule has 2 aliphatic rings. The van der Waals surface area contributed by atoms with E-state index in [0.29, 0.717) is 12.1 Å². The van der Waals surface area contributed by atoms with Gasteiger partial charge in [-0.05, 0) is 45.6 Å². The van der Waals surface area contributed by atoms with E-state index in [9.17, 15) is 0 Å². The highest BCUT2D eigenvalue weighted by atomic mass is 15.3. The molecule has 0 saturated carbocycles. The van der Waals surface area contributed by atoms with Crippen LogP contribution in [0.25, 0.3) is 0 Å². The molecule has 3 heterocycles. The summed E-state index contributed by atoms with van der Waals surface area (Å²) in [6, 6.07) is 1.08. The molecule has 0 aliphatic carbocycles. The summed E-state index contributed by atoms with van der Waals surface area (Å²) in [7, 11) is 0. The van der Waals surface area contributed by atoms with Gasteiger partial charge in [0.25, 0.3) is 0 Å². The van der Waals surface area contributed by atoms with E-state index < -0.39 is 0 Å². The van der Waals surface area contributed by atoms with E-state index in [1.165, 1.54) is 43.9 Å². The first-order valence-electron chi connectivity index (χ1n) is 7.84. The first kappa shape index (κ1) is 13.1. The minimum atomic E-state index is 0.486. The van der Waals surface area contributed by atoms with Crippen LogP contribution < -0.4 is 0 Å². The van der Waals surface area contributed by atoms with Crippen molar-refractivity contribution >= 4 is 0 Å². The lowest BCUT2D eigenvalue weighted by Crippen LogP contribution is -2.40. The first-order chi connectivity index (χ1) is 9.16. The Morgan fingerprint density at radius 1 is 1.16 bits per heavy atom. The van der Waals surface area contributed by atoms with E-state index in [1.54, 1.807) is 0 Å². The third-order valence-electron chi connectivity index (χ3n) is 4.72. The van der Waals surface area contributed by atoms with Crippen LogP contribution in [-0.2, 0) is 13.0 Å². The van der Waals surface area contributed by atoms with Gasteiger partial charge in [-0.3, -0.25) is 4.90 Å². The molecule has 1 saturated heterocycles. The van der Waals surface area contributed by atoms with Gasteiger partial charge in [-0.1, -0.05) is 13.3 Å². The standard InChI is InChI=1S/C15H26N4/c1-11(2)18-9-5-4-6-13(18)15-17-16-14-8-7-12(3)10-19(14)15/h11-13H,4-10H2,1-3H3. The fourth-order valence-electron chi connectivity index (χ4n) is 3.61. The van der Waals surface area contributed by atoms with Crippen LogP contribution in [0.1, 0.15) is 64.1 Å². The predicted molar refractivity (Wildman–Crippen MR) is 75.9 cm³/mol. The van der Waals surface area contributed by atoms with Crippen molar-refractivity contribution in [2.45, 2.75) is 71.5 Å². The number of nitrogens with zero attached hydrogens (tertiary/aromatic N) is 4. The summed E-state index contributed by atoms with van der Waals surface area (Å²) < 4.78 is 2.42. The summed E-state index contributed by atoms with van der Waals surface area (Å²) in [6.45, 7) is 9.26. The minimum Gasteiger partial charge on any atom is -0.313 e. The molecule has 4 nitrogen and oxygen atoms in total. The van der Waals surface area contributed by atoms with Crippen molar-refractivity contribution in [1.29, 1.82) is 0 Å². The van der Waals surface area contributed by atoms with Gasteiger partial charge in [-0.15, -0.1) is 10.2 Å². The molecule has 1 aromatic rings. The Balaban J connectivity index is 1.90. The second-order valence-electron chi connectivity index (χ2n) is 6.57. The van der Waals surface area contributed by atoms with E-state index in [-0.39, 0.29) is 0 Å². The molecule has 2 unspecified atom stereocenters. The van der Waals surface area contributed by atoms with Crippen LogP contribution in [0.3, 0.4) is 0 Å². The number of fused-ring (bicyclic) bond motifs is 1. The van der Waals surface area contributed by atoms with Crippen LogP contribution in [0, 0.1) is 5.92 Å². The summed E-state index contributed by atoms with van der Waals surface area (Å²) in [5.41, 5.74) is 0. The Kier molecular flexibility index (Phi) is 3.61. The summed E-state index contributed by atoms with van der Waals surface area (Å²) in [6.07, 6.45) is 6.25. The average molecular weight is 262 g/mol. The molecule has 19 heavy (non-hydrogen) atoms. The van der Waals surface area contributed by atoms with Crippen LogP contribution in [0.5, 0.6) is 0 Å². The third-order valence-corrected chi connectivity index (χ3v) is 4.72. The molecule has 3 rings (SSSR count). The normalized spacial score (nSPS) is 28.6. The third kappa shape index (κ3) is 2.42. The molecule has 0 radical (unpaired) electrons. The monoisotopic (exact) mass is 262 g/mol. The summed E-state index contributed by atoms with van der Waals surface area (Å²) in [5, 5.41) is 9.01. The van der Waals surface area contributed by atoms with Crippen LogP contribution >= 0.6 is 0 Å². The summed E-state index contributed by atoms with van der Waals surface area (Å²) >= 11 is 0. The van der Waals surface area contributed by atoms with Crippen molar-refractivity contribution < 1.29 is 0 Å². The molecule has 1 aromatic heterocycles. The van der Waals surface area contributed by atoms with Gasteiger partial charge in [0.2, 0.25) is 0 Å². The van der Waals surface area contributed by atoms with E-state index >= 15 is 0 Å². The second kappa shape index (κ2) is 5.23. The summed E-state index contributed by atoms with van der Waals surface area (Å²) in [5.74, 6) is 3.20. The number of aryl methyl sites for hydroxylation is 1. The Bertz CT molecular complexity index is 437. The zero-order valence-electron chi connectivity index (χ0n) is 12.5. The molecule has 1 fully saturated rings. The first-order valence-corrected chi connectivity index (χ1v) is 7.84. The van der Waals surface area contributed by atoms with Crippen molar-refractivity contribution in [2.24, 2.45) is 5.92 Å². The topological polar surface area (TPSA) is 34.0 Å². The van der Waals surface area contributed by atoms with Crippen molar-refractivity contribution in [1.82, 2.24) is 19.7 Å². The van der Waals surface area contributed by atoms with Gasteiger partial charge in [0.05, 0.1) is 6.04 Å². The maximum atomic E-state index is 4.56. The zero-order chi connectivity index (χ0) is 13.4. The number of hydrogen-bond donors (Lipinski definition) is 0. The zero-order valence-corrected chi connectivity index (χ0v) is 12.5. The number of hydrogen-bond acceptors (Lipinski definition) is 3. The quantitative estimate of drug-likeness (QED) is 0.822. The highest BCUT2D eigenvalue weighted by Crippen LogP contribution is 2.33. The molecular formula is C15H26N4. The van der Waals surface area contributed by atoms with Crippen molar-refractivity contribution in [2.75, 3.05) is 6.54 Å². The van der Waals surface area contributed by atoms with Gasteiger partial charge < -0.3 is 4.57 Å². The van der Waals surface area contributed by atoms with Gasteiger partial charge in [0.15, 0.2) is 0 Å². The van der Waals surface area contributed by atoms with Crippen LogP contribution in [0.2, 0.25) is 0 Å². The lowest BCUT2D eigenvalue weighted by molar-refractivity contribution is 0.102. The highest BCUT2D eigenvalue weighted by molar-refractivity contribution is 5.06. The number of likely N-dealkylation sites (tertiary alicyclic amines) is 1. The lowest BCUT2D eigenvalue weighted by atomic mass is 9.98. The Labute approximate surface area is 116 Å². The largest absolute Gasteiger partial charge is 0.313 e. The van der Waals surface area contributed by atoms with Gasteiger partial charge >= 0.3 is 0 Å². The Morgan fingerprint density at radius 2 is 2.00 bits per heavy atom. The summed E-state index contributed by atoms with van der Waals surface area (Å²) in [4.78, 5) is 2.61.